The number of carbonyl (C=O) groups is 3. The lowest BCUT2D eigenvalue weighted by molar-refractivity contribution is -0.129. The van der Waals surface area contributed by atoms with Crippen molar-refractivity contribution in [2.24, 2.45) is 5.92 Å². The van der Waals surface area contributed by atoms with Crippen LogP contribution >= 0.6 is 0 Å². The van der Waals surface area contributed by atoms with Crippen molar-refractivity contribution in [2.75, 3.05) is 19.6 Å². The normalized spacial score (nSPS) is 12.1. The van der Waals surface area contributed by atoms with E-state index in [1.807, 2.05) is 20.8 Å². The first-order valence-corrected chi connectivity index (χ1v) is 8.76. The Hall–Kier alpha value is -2.28. The van der Waals surface area contributed by atoms with Gasteiger partial charge in [-0.2, -0.15) is 0 Å². The van der Waals surface area contributed by atoms with Crippen molar-refractivity contribution in [1.82, 2.24) is 15.5 Å². The molecule has 0 radical (unpaired) electrons. The highest BCUT2D eigenvalue weighted by atomic mass is 19.1. The van der Waals surface area contributed by atoms with E-state index in [2.05, 4.69) is 10.6 Å². The molecule has 0 saturated carbocycles. The smallest absolute Gasteiger partial charge is 0.234 e. The molecule has 0 spiro atoms. The highest BCUT2D eigenvalue weighted by molar-refractivity contribution is 5.88. The van der Waals surface area contributed by atoms with Crippen LogP contribution in [0.25, 0.3) is 0 Å². The van der Waals surface area contributed by atoms with Crippen LogP contribution in [0.15, 0.2) is 24.3 Å². The van der Waals surface area contributed by atoms with Crippen LogP contribution in [0, 0.1) is 11.7 Å². The topological polar surface area (TPSA) is 78.5 Å². The van der Waals surface area contributed by atoms with E-state index < -0.39 is 6.04 Å². The first-order chi connectivity index (χ1) is 12.2. The minimum atomic E-state index is -0.520. The zero-order valence-electron chi connectivity index (χ0n) is 15.8. The Morgan fingerprint density at radius 2 is 1.65 bits per heavy atom. The molecule has 2 amide bonds. The molecule has 0 saturated heterocycles. The molecule has 0 aliphatic carbocycles. The van der Waals surface area contributed by atoms with Gasteiger partial charge in [-0.05, 0) is 37.1 Å². The number of ketones is 1. The van der Waals surface area contributed by atoms with Gasteiger partial charge in [0.15, 0.2) is 5.78 Å². The average molecular weight is 365 g/mol. The summed E-state index contributed by atoms with van der Waals surface area (Å²) in [6.45, 7) is 7.96. The molecule has 26 heavy (non-hydrogen) atoms. The van der Waals surface area contributed by atoms with E-state index in [1.165, 1.54) is 19.1 Å². The average Bonchev–Trinajstić information content (AvgIpc) is 2.58. The van der Waals surface area contributed by atoms with Crippen LogP contribution < -0.4 is 10.6 Å². The van der Waals surface area contributed by atoms with Gasteiger partial charge in [0.25, 0.3) is 0 Å². The number of hydrogen-bond acceptors (Lipinski definition) is 4. The van der Waals surface area contributed by atoms with Gasteiger partial charge in [-0.1, -0.05) is 32.9 Å². The third-order valence-corrected chi connectivity index (χ3v) is 4.01. The molecule has 1 aromatic rings. The predicted octanol–water partition coefficient (Wildman–Crippen LogP) is 1.49. The number of carbonyl (C=O) groups excluding carboxylic acids is 3. The molecule has 7 heteroatoms. The predicted molar refractivity (Wildman–Crippen MR) is 97.8 cm³/mol. The zero-order chi connectivity index (χ0) is 19.7. The lowest BCUT2D eigenvalue weighted by Crippen LogP contribution is -2.48. The Morgan fingerprint density at radius 3 is 2.15 bits per heavy atom. The zero-order valence-corrected chi connectivity index (χ0v) is 15.8. The minimum Gasteiger partial charge on any atom is -0.351 e. The molecule has 2 N–H and O–H groups in total. The summed E-state index contributed by atoms with van der Waals surface area (Å²) in [6.07, 6.45) is 0. The third kappa shape index (κ3) is 7.74. The van der Waals surface area contributed by atoms with Crippen LogP contribution in [0.4, 0.5) is 4.39 Å². The molecule has 1 rings (SSSR count). The Morgan fingerprint density at radius 1 is 1.08 bits per heavy atom. The Kier molecular flexibility index (Phi) is 8.92. The summed E-state index contributed by atoms with van der Waals surface area (Å²) in [5.74, 6) is -0.921. The van der Waals surface area contributed by atoms with E-state index in [1.54, 1.807) is 17.0 Å². The summed E-state index contributed by atoms with van der Waals surface area (Å²) in [5.41, 5.74) is 0.793. The number of nitrogens with one attached hydrogen (secondary N) is 2. The fourth-order valence-electron chi connectivity index (χ4n) is 2.50. The number of amides is 2. The first kappa shape index (κ1) is 21.8. The molecule has 6 nitrogen and oxygen atoms in total. The van der Waals surface area contributed by atoms with Crippen LogP contribution in [0.2, 0.25) is 0 Å². The van der Waals surface area contributed by atoms with Crippen molar-refractivity contribution in [3.63, 3.8) is 0 Å². The van der Waals surface area contributed by atoms with Gasteiger partial charge in [0.2, 0.25) is 11.8 Å². The molecule has 0 bridgehead atoms. The van der Waals surface area contributed by atoms with E-state index >= 15 is 0 Å². The van der Waals surface area contributed by atoms with E-state index in [9.17, 15) is 18.8 Å². The maximum absolute atomic E-state index is 12.9. The molecule has 0 aromatic heterocycles. The summed E-state index contributed by atoms with van der Waals surface area (Å²) in [7, 11) is 0. The fourth-order valence-corrected chi connectivity index (χ4v) is 2.50. The van der Waals surface area contributed by atoms with Gasteiger partial charge in [-0.3, -0.25) is 19.3 Å². The van der Waals surface area contributed by atoms with Gasteiger partial charge in [-0.15, -0.1) is 0 Å². The Balaban J connectivity index is 2.47. The minimum absolute atomic E-state index is 0.00512. The molecule has 1 unspecified atom stereocenters. The van der Waals surface area contributed by atoms with Crippen molar-refractivity contribution in [3.8, 4) is 0 Å². The molecular formula is C19H28FN3O3. The largest absolute Gasteiger partial charge is 0.351 e. The second-order valence-electron chi connectivity index (χ2n) is 6.61. The molecule has 0 aliphatic heterocycles. The van der Waals surface area contributed by atoms with Crippen LogP contribution in [0.1, 0.15) is 33.3 Å². The van der Waals surface area contributed by atoms with Crippen LogP contribution in [-0.2, 0) is 20.9 Å². The van der Waals surface area contributed by atoms with E-state index in [4.69, 9.17) is 0 Å². The summed E-state index contributed by atoms with van der Waals surface area (Å²) in [4.78, 5) is 37.5. The van der Waals surface area contributed by atoms with Gasteiger partial charge in [0.1, 0.15) is 5.82 Å². The summed E-state index contributed by atoms with van der Waals surface area (Å²) in [6, 6.07) is 5.37. The van der Waals surface area contributed by atoms with E-state index in [0.29, 0.717) is 13.1 Å². The maximum atomic E-state index is 12.9. The molecule has 144 valence electrons. The SMILES string of the molecule is CCN(CC(=O)NCc1ccc(F)cc1)CC(=O)NC(C(C)=O)C(C)C. The van der Waals surface area contributed by atoms with Crippen LogP contribution in [-0.4, -0.2) is 48.2 Å². The second-order valence-corrected chi connectivity index (χ2v) is 6.61. The Labute approximate surface area is 154 Å². The number of Topliss-reactive ketones (excluding diaryl/α,β-unsaturated/α-hetero) is 1. The lowest BCUT2D eigenvalue weighted by atomic mass is 10.0. The number of halogens is 1. The monoisotopic (exact) mass is 365 g/mol. The number of rotatable bonds is 10. The van der Waals surface area contributed by atoms with Gasteiger partial charge in [-0.25, -0.2) is 4.39 Å². The number of likely N-dealkylation sites (N-methyl/N-ethyl adjacent to an activating group) is 1. The van der Waals surface area contributed by atoms with Crippen molar-refractivity contribution in [1.29, 1.82) is 0 Å². The van der Waals surface area contributed by atoms with Crippen molar-refractivity contribution < 1.29 is 18.8 Å². The summed E-state index contributed by atoms with van der Waals surface area (Å²) in [5, 5.41) is 5.46. The standard InChI is InChI=1S/C19H28FN3O3/c1-5-23(12-18(26)22-19(13(2)3)14(4)24)11-17(25)21-10-15-6-8-16(20)9-7-15/h6-9,13,19H,5,10-12H2,1-4H3,(H,21,25)(H,22,26). The summed E-state index contributed by atoms with van der Waals surface area (Å²) < 4.78 is 12.9. The van der Waals surface area contributed by atoms with Crippen molar-refractivity contribution in [2.45, 2.75) is 40.3 Å². The molecule has 0 aliphatic rings. The summed E-state index contributed by atoms with van der Waals surface area (Å²) >= 11 is 0. The second kappa shape index (κ2) is 10.7. The van der Waals surface area contributed by atoms with Crippen LogP contribution in [0.3, 0.4) is 0 Å². The Bertz CT molecular complexity index is 617. The van der Waals surface area contributed by atoms with Gasteiger partial charge >= 0.3 is 0 Å². The lowest BCUT2D eigenvalue weighted by Gasteiger charge is -2.23. The molecular weight excluding hydrogens is 337 g/mol. The number of hydrogen-bond donors (Lipinski definition) is 2. The quantitative estimate of drug-likeness (QED) is 0.659. The van der Waals surface area contributed by atoms with E-state index in [0.717, 1.165) is 5.56 Å². The first-order valence-electron chi connectivity index (χ1n) is 8.76. The van der Waals surface area contributed by atoms with Gasteiger partial charge < -0.3 is 10.6 Å². The van der Waals surface area contributed by atoms with Crippen LogP contribution in [0.5, 0.6) is 0 Å². The highest BCUT2D eigenvalue weighted by Crippen LogP contribution is 2.03. The third-order valence-electron chi connectivity index (χ3n) is 4.01. The van der Waals surface area contributed by atoms with E-state index in [-0.39, 0.29) is 42.4 Å². The van der Waals surface area contributed by atoms with Gasteiger partial charge in [0.05, 0.1) is 19.1 Å². The molecule has 1 aromatic carbocycles. The molecule has 0 fully saturated rings. The molecule has 1 atom stereocenters. The highest BCUT2D eigenvalue weighted by Gasteiger charge is 2.22. The fraction of sp³-hybridized carbons (Fsp3) is 0.526. The van der Waals surface area contributed by atoms with Gasteiger partial charge in [0, 0.05) is 6.54 Å². The van der Waals surface area contributed by atoms with Crippen molar-refractivity contribution in [3.05, 3.63) is 35.6 Å². The number of benzene rings is 1. The number of nitrogens with zero attached hydrogens (tertiary/aromatic N) is 1. The van der Waals surface area contributed by atoms with Crippen molar-refractivity contribution >= 4 is 17.6 Å². The molecule has 0 heterocycles. The maximum Gasteiger partial charge on any atom is 0.234 e.